The minimum atomic E-state index is -1.17. The molecule has 0 unspecified atom stereocenters. The van der Waals surface area contributed by atoms with Crippen molar-refractivity contribution in [2.45, 2.75) is 25.9 Å². The molecule has 0 aliphatic carbocycles. The molecule has 0 N–H and O–H groups in total. The third-order valence-electron chi connectivity index (χ3n) is 3.59. The van der Waals surface area contributed by atoms with Crippen molar-refractivity contribution in [1.82, 2.24) is 0 Å². The molecule has 0 radical (unpaired) electrons. The molecule has 0 bridgehead atoms. The van der Waals surface area contributed by atoms with Gasteiger partial charge in [0, 0.05) is 13.5 Å². The van der Waals surface area contributed by atoms with Crippen LogP contribution in [-0.2, 0) is 24.3 Å². The number of hydrogen-bond donors (Lipinski definition) is 0. The van der Waals surface area contributed by atoms with Crippen LogP contribution in [-0.4, -0.2) is 52.8 Å². The van der Waals surface area contributed by atoms with Gasteiger partial charge in [-0.3, -0.25) is 4.89 Å². The average Bonchev–Trinajstić information content (AvgIpc) is 2.66. The summed E-state index contributed by atoms with van der Waals surface area (Å²) in [5, 5.41) is 4.16. The van der Waals surface area contributed by atoms with E-state index in [9.17, 15) is 9.59 Å². The minimum Gasteiger partial charge on any atom is -0.493 e. The van der Waals surface area contributed by atoms with Crippen LogP contribution in [0, 0.1) is 0 Å². The fourth-order valence-corrected chi connectivity index (χ4v) is 1.83. The first kappa shape index (κ1) is 22.3. The number of ether oxygens (including phenoxy) is 5. The molecule has 10 heteroatoms. The Morgan fingerprint density at radius 1 is 0.926 bits per heavy atom. The van der Waals surface area contributed by atoms with E-state index in [-0.39, 0.29) is 23.7 Å². The summed E-state index contributed by atoms with van der Waals surface area (Å²) < 4.78 is 25.3. The van der Waals surface area contributed by atoms with Crippen LogP contribution >= 0.6 is 0 Å². The Bertz CT molecular complexity index is 616. The quantitative estimate of drug-likeness (QED) is 0.337. The number of carbonyl (C=O) groups excluding carboxylic acids is 2. The summed E-state index contributed by atoms with van der Waals surface area (Å²) in [5.74, 6) is -0.173. The number of carbonyl (C=O) groups is 2. The van der Waals surface area contributed by atoms with Crippen molar-refractivity contribution < 1.29 is 48.1 Å². The average molecular weight is 388 g/mol. The van der Waals surface area contributed by atoms with Gasteiger partial charge in [-0.2, -0.15) is 0 Å². The maximum Gasteiger partial charge on any atom is 0.543 e. The predicted molar refractivity (Wildman–Crippen MR) is 90.7 cm³/mol. The number of benzene rings is 1. The molecule has 0 atom stereocenters. The zero-order chi connectivity index (χ0) is 20.4. The molecular formula is C17H24O10. The van der Waals surface area contributed by atoms with Crippen molar-refractivity contribution in [3.05, 3.63) is 17.7 Å². The lowest BCUT2D eigenvalue weighted by atomic mass is 10.1. The van der Waals surface area contributed by atoms with E-state index < -0.39 is 17.7 Å². The van der Waals surface area contributed by atoms with Gasteiger partial charge in [-0.25, -0.2) is 14.5 Å². The van der Waals surface area contributed by atoms with E-state index in [0.717, 1.165) is 0 Å². The third-order valence-corrected chi connectivity index (χ3v) is 3.59. The molecule has 0 aliphatic rings. The molecule has 0 spiro atoms. The molecule has 152 valence electrons. The molecule has 1 aromatic rings. The van der Waals surface area contributed by atoms with Crippen LogP contribution in [0.2, 0.25) is 0 Å². The summed E-state index contributed by atoms with van der Waals surface area (Å²) in [6.07, 6.45) is -0.733. The predicted octanol–water partition coefficient (Wildman–Crippen LogP) is 2.68. The first-order valence-corrected chi connectivity index (χ1v) is 7.85. The molecule has 27 heavy (non-hydrogen) atoms. The van der Waals surface area contributed by atoms with Crippen LogP contribution < -0.4 is 14.2 Å². The standard InChI is InChI=1S/C17H24O10/c1-17(2,23-6)7-8-24-16(19)26-27-25-15(18)11-9-12(20-3)14(22-5)13(10-11)21-4/h9-10H,7-8H2,1-6H3. The van der Waals surface area contributed by atoms with Crippen LogP contribution in [0.1, 0.15) is 30.6 Å². The molecule has 0 amide bonds. The van der Waals surface area contributed by atoms with Gasteiger partial charge < -0.3 is 23.7 Å². The highest BCUT2D eigenvalue weighted by atomic mass is 17.5. The van der Waals surface area contributed by atoms with Crippen molar-refractivity contribution >= 4 is 12.1 Å². The highest BCUT2D eigenvalue weighted by molar-refractivity contribution is 5.90. The van der Waals surface area contributed by atoms with Crippen LogP contribution in [0.5, 0.6) is 17.2 Å². The van der Waals surface area contributed by atoms with Gasteiger partial charge in [-0.15, -0.1) is 0 Å². The second-order valence-electron chi connectivity index (χ2n) is 5.75. The fourth-order valence-electron chi connectivity index (χ4n) is 1.83. The van der Waals surface area contributed by atoms with Crippen molar-refractivity contribution in [1.29, 1.82) is 0 Å². The maximum absolute atomic E-state index is 12.0. The minimum absolute atomic E-state index is 0.0170. The zero-order valence-corrected chi connectivity index (χ0v) is 16.2. The monoisotopic (exact) mass is 388 g/mol. The van der Waals surface area contributed by atoms with Crippen molar-refractivity contribution in [2.24, 2.45) is 0 Å². The van der Waals surface area contributed by atoms with E-state index in [1.54, 1.807) is 7.11 Å². The lowest BCUT2D eigenvalue weighted by molar-refractivity contribution is -0.452. The Hall–Kier alpha value is -2.72. The summed E-state index contributed by atoms with van der Waals surface area (Å²) in [4.78, 5) is 32.0. The van der Waals surface area contributed by atoms with E-state index >= 15 is 0 Å². The Labute approximate surface area is 157 Å². The number of rotatable bonds is 10. The number of hydrogen-bond acceptors (Lipinski definition) is 10. The fraction of sp³-hybridized carbons (Fsp3) is 0.529. The van der Waals surface area contributed by atoms with Gasteiger partial charge in [0.15, 0.2) is 11.5 Å². The summed E-state index contributed by atoms with van der Waals surface area (Å²) in [5.41, 5.74) is -0.441. The largest absolute Gasteiger partial charge is 0.543 e. The normalized spacial score (nSPS) is 10.7. The second kappa shape index (κ2) is 10.4. The van der Waals surface area contributed by atoms with E-state index in [2.05, 4.69) is 14.8 Å². The zero-order valence-electron chi connectivity index (χ0n) is 16.2. The van der Waals surface area contributed by atoms with E-state index in [4.69, 9.17) is 23.7 Å². The van der Waals surface area contributed by atoms with E-state index in [1.807, 2.05) is 13.8 Å². The first-order valence-electron chi connectivity index (χ1n) is 7.85. The molecule has 10 nitrogen and oxygen atoms in total. The van der Waals surface area contributed by atoms with Crippen LogP contribution in [0.25, 0.3) is 0 Å². The molecule has 0 aromatic heterocycles. The van der Waals surface area contributed by atoms with Gasteiger partial charge in [0.1, 0.15) is 0 Å². The van der Waals surface area contributed by atoms with Crippen LogP contribution in [0.15, 0.2) is 12.1 Å². The SMILES string of the molecule is COc1cc(C(=O)OOOC(=O)OCCC(C)(C)OC)cc(OC)c1OC. The van der Waals surface area contributed by atoms with Gasteiger partial charge in [0.05, 0.1) is 44.1 Å². The highest BCUT2D eigenvalue weighted by Crippen LogP contribution is 2.38. The number of methoxy groups -OCH3 is 4. The second-order valence-corrected chi connectivity index (χ2v) is 5.75. The molecule has 0 aliphatic heterocycles. The van der Waals surface area contributed by atoms with Crippen molar-refractivity contribution in [3.8, 4) is 17.2 Å². The van der Waals surface area contributed by atoms with Gasteiger partial charge in [0.25, 0.3) is 0 Å². The topological polar surface area (TPSA) is 108 Å². The summed E-state index contributed by atoms with van der Waals surface area (Å²) in [6.45, 7) is 3.69. The third kappa shape index (κ3) is 6.83. The Kier molecular flexibility index (Phi) is 8.63. The van der Waals surface area contributed by atoms with Crippen LogP contribution in [0.3, 0.4) is 0 Å². The summed E-state index contributed by atoms with van der Waals surface area (Å²) in [7, 11) is 5.76. The van der Waals surface area contributed by atoms with Gasteiger partial charge >= 0.3 is 12.1 Å². The summed E-state index contributed by atoms with van der Waals surface area (Å²) >= 11 is 0. The lowest BCUT2D eigenvalue weighted by Gasteiger charge is -2.21. The van der Waals surface area contributed by atoms with Crippen molar-refractivity contribution in [3.63, 3.8) is 0 Å². The maximum atomic E-state index is 12.0. The van der Waals surface area contributed by atoms with E-state index in [0.29, 0.717) is 12.2 Å². The molecule has 1 aromatic carbocycles. The molecule has 0 fully saturated rings. The summed E-state index contributed by atoms with van der Waals surface area (Å²) in [6, 6.07) is 2.69. The van der Waals surface area contributed by atoms with Gasteiger partial charge in [-0.05, 0) is 26.0 Å². The molecule has 0 saturated carbocycles. The van der Waals surface area contributed by atoms with Crippen molar-refractivity contribution in [2.75, 3.05) is 35.0 Å². The van der Waals surface area contributed by atoms with Crippen LogP contribution in [0.4, 0.5) is 4.79 Å². The molecular weight excluding hydrogens is 364 g/mol. The van der Waals surface area contributed by atoms with Gasteiger partial charge in [0.2, 0.25) is 5.75 Å². The Balaban J connectivity index is 2.54. The highest BCUT2D eigenvalue weighted by Gasteiger charge is 2.20. The molecule has 0 heterocycles. The first-order chi connectivity index (χ1) is 12.8. The van der Waals surface area contributed by atoms with Gasteiger partial charge in [-0.1, -0.05) is 0 Å². The smallest absolute Gasteiger partial charge is 0.493 e. The Morgan fingerprint density at radius 2 is 1.52 bits per heavy atom. The lowest BCUT2D eigenvalue weighted by Crippen LogP contribution is -2.25. The molecule has 1 rings (SSSR count). The van der Waals surface area contributed by atoms with E-state index in [1.165, 1.54) is 33.5 Å². The molecule has 0 saturated heterocycles. The Morgan fingerprint density at radius 3 is 2.00 bits per heavy atom.